The molecule has 0 bridgehead atoms. The monoisotopic (exact) mass is 236 g/mol. The van der Waals surface area contributed by atoms with E-state index in [1.165, 1.54) is 0 Å². The summed E-state index contributed by atoms with van der Waals surface area (Å²) in [7, 11) is 0. The number of hydrogen-bond donors (Lipinski definition) is 1. The normalized spacial score (nSPS) is 12.5. The highest BCUT2D eigenvalue weighted by atomic mass is 16.6. The number of aryl methyl sites for hydroxylation is 1. The van der Waals surface area contributed by atoms with Gasteiger partial charge in [-0.25, -0.2) is 0 Å². The molecule has 1 aromatic carbocycles. The second-order valence-corrected chi connectivity index (χ2v) is 4.66. The SMILES string of the molecule is CCC(Nc1ccc([N+](=O)[O-])c(C)c1)C(C)C. The molecular formula is C13H20N2O2. The lowest BCUT2D eigenvalue weighted by Gasteiger charge is -2.22. The van der Waals surface area contributed by atoms with Crippen molar-refractivity contribution in [1.29, 1.82) is 0 Å². The van der Waals surface area contributed by atoms with Gasteiger partial charge in [0.2, 0.25) is 0 Å². The molecule has 1 unspecified atom stereocenters. The minimum Gasteiger partial charge on any atom is -0.382 e. The van der Waals surface area contributed by atoms with E-state index in [-0.39, 0.29) is 10.6 Å². The number of nitro groups is 1. The molecule has 0 saturated carbocycles. The highest BCUT2D eigenvalue weighted by molar-refractivity contribution is 5.54. The first-order chi connectivity index (χ1) is 7.95. The number of nitro benzene ring substituents is 1. The average molecular weight is 236 g/mol. The quantitative estimate of drug-likeness (QED) is 0.625. The first kappa shape index (κ1) is 13.5. The van der Waals surface area contributed by atoms with Crippen LogP contribution in [0, 0.1) is 23.0 Å². The molecule has 0 amide bonds. The zero-order valence-electron chi connectivity index (χ0n) is 10.9. The third-order valence-electron chi connectivity index (χ3n) is 2.99. The molecule has 17 heavy (non-hydrogen) atoms. The van der Waals surface area contributed by atoms with Crippen LogP contribution in [0.25, 0.3) is 0 Å². The maximum atomic E-state index is 10.7. The van der Waals surface area contributed by atoms with Crippen LogP contribution in [0.15, 0.2) is 18.2 Å². The van der Waals surface area contributed by atoms with Gasteiger partial charge >= 0.3 is 0 Å². The van der Waals surface area contributed by atoms with Crippen molar-refractivity contribution in [2.24, 2.45) is 5.92 Å². The molecule has 1 N–H and O–H groups in total. The van der Waals surface area contributed by atoms with E-state index in [1.807, 2.05) is 6.07 Å². The van der Waals surface area contributed by atoms with E-state index in [0.29, 0.717) is 17.5 Å². The number of benzene rings is 1. The van der Waals surface area contributed by atoms with Crippen molar-refractivity contribution in [3.63, 3.8) is 0 Å². The van der Waals surface area contributed by atoms with Gasteiger partial charge in [0.1, 0.15) is 0 Å². The van der Waals surface area contributed by atoms with Crippen molar-refractivity contribution >= 4 is 11.4 Å². The maximum Gasteiger partial charge on any atom is 0.272 e. The summed E-state index contributed by atoms with van der Waals surface area (Å²) >= 11 is 0. The van der Waals surface area contributed by atoms with Gasteiger partial charge in [-0.3, -0.25) is 10.1 Å². The van der Waals surface area contributed by atoms with Crippen LogP contribution >= 0.6 is 0 Å². The highest BCUT2D eigenvalue weighted by Gasteiger charge is 2.13. The van der Waals surface area contributed by atoms with Crippen molar-refractivity contribution in [2.75, 3.05) is 5.32 Å². The molecule has 0 spiro atoms. The molecule has 1 rings (SSSR count). The summed E-state index contributed by atoms with van der Waals surface area (Å²) < 4.78 is 0. The van der Waals surface area contributed by atoms with Crippen LogP contribution in [-0.2, 0) is 0 Å². The summed E-state index contributed by atoms with van der Waals surface area (Å²) in [6, 6.07) is 5.57. The Morgan fingerprint density at radius 3 is 2.47 bits per heavy atom. The zero-order valence-corrected chi connectivity index (χ0v) is 10.9. The van der Waals surface area contributed by atoms with E-state index in [4.69, 9.17) is 0 Å². The lowest BCUT2D eigenvalue weighted by Crippen LogP contribution is -2.24. The van der Waals surface area contributed by atoms with Gasteiger partial charge in [0.25, 0.3) is 5.69 Å². The van der Waals surface area contributed by atoms with E-state index in [0.717, 1.165) is 12.1 Å². The summed E-state index contributed by atoms with van der Waals surface area (Å²) in [6.45, 7) is 8.23. The fraction of sp³-hybridized carbons (Fsp3) is 0.538. The van der Waals surface area contributed by atoms with Gasteiger partial charge in [-0.05, 0) is 31.4 Å². The van der Waals surface area contributed by atoms with Gasteiger partial charge in [-0.1, -0.05) is 20.8 Å². The lowest BCUT2D eigenvalue weighted by atomic mass is 10.0. The lowest BCUT2D eigenvalue weighted by molar-refractivity contribution is -0.385. The van der Waals surface area contributed by atoms with Crippen LogP contribution in [0.5, 0.6) is 0 Å². The third kappa shape index (κ3) is 3.44. The molecule has 0 saturated heterocycles. The smallest absolute Gasteiger partial charge is 0.272 e. The first-order valence-corrected chi connectivity index (χ1v) is 5.97. The Bertz CT molecular complexity index is 402. The Hall–Kier alpha value is -1.58. The minimum atomic E-state index is -0.348. The average Bonchev–Trinajstić information content (AvgIpc) is 2.24. The summed E-state index contributed by atoms with van der Waals surface area (Å²) in [5.74, 6) is 0.537. The standard InChI is InChI=1S/C13H20N2O2/c1-5-12(9(2)3)14-11-6-7-13(15(16)17)10(4)8-11/h6-9,12,14H,5H2,1-4H3. The van der Waals surface area contributed by atoms with Gasteiger partial charge < -0.3 is 5.32 Å². The fourth-order valence-corrected chi connectivity index (χ4v) is 1.90. The molecule has 1 aromatic rings. The van der Waals surface area contributed by atoms with Crippen LogP contribution in [-0.4, -0.2) is 11.0 Å². The van der Waals surface area contributed by atoms with E-state index in [9.17, 15) is 10.1 Å². The first-order valence-electron chi connectivity index (χ1n) is 5.97. The van der Waals surface area contributed by atoms with Gasteiger partial charge in [0.15, 0.2) is 0 Å². The van der Waals surface area contributed by atoms with E-state index >= 15 is 0 Å². The number of nitrogens with zero attached hydrogens (tertiary/aromatic N) is 1. The van der Waals surface area contributed by atoms with Crippen molar-refractivity contribution in [2.45, 2.75) is 40.2 Å². The minimum absolute atomic E-state index is 0.174. The molecule has 4 nitrogen and oxygen atoms in total. The largest absolute Gasteiger partial charge is 0.382 e. The van der Waals surface area contributed by atoms with Gasteiger partial charge in [0.05, 0.1) is 4.92 Å². The van der Waals surface area contributed by atoms with Crippen LogP contribution in [0.4, 0.5) is 11.4 Å². The number of nitrogens with one attached hydrogen (secondary N) is 1. The van der Waals surface area contributed by atoms with Crippen molar-refractivity contribution in [1.82, 2.24) is 0 Å². The Labute approximate surface area is 102 Å². The molecule has 0 aliphatic rings. The van der Waals surface area contributed by atoms with Crippen LogP contribution in [0.2, 0.25) is 0 Å². The van der Waals surface area contributed by atoms with Gasteiger partial charge in [-0.2, -0.15) is 0 Å². The topological polar surface area (TPSA) is 55.2 Å². The van der Waals surface area contributed by atoms with Gasteiger partial charge in [-0.15, -0.1) is 0 Å². The Morgan fingerprint density at radius 1 is 1.41 bits per heavy atom. The second kappa shape index (κ2) is 5.66. The number of rotatable bonds is 5. The van der Waals surface area contributed by atoms with Crippen molar-refractivity contribution in [3.05, 3.63) is 33.9 Å². The molecular weight excluding hydrogens is 216 g/mol. The van der Waals surface area contributed by atoms with Crippen LogP contribution < -0.4 is 5.32 Å². The predicted molar refractivity (Wildman–Crippen MR) is 70.4 cm³/mol. The highest BCUT2D eigenvalue weighted by Crippen LogP contribution is 2.23. The summed E-state index contributed by atoms with van der Waals surface area (Å²) in [5.41, 5.74) is 1.82. The molecule has 1 atom stereocenters. The molecule has 94 valence electrons. The zero-order chi connectivity index (χ0) is 13.0. The Kier molecular flexibility index (Phi) is 4.49. The molecule has 0 aliphatic heterocycles. The molecule has 0 aromatic heterocycles. The third-order valence-corrected chi connectivity index (χ3v) is 2.99. The second-order valence-electron chi connectivity index (χ2n) is 4.66. The fourth-order valence-electron chi connectivity index (χ4n) is 1.90. The Morgan fingerprint density at radius 2 is 2.06 bits per heavy atom. The van der Waals surface area contributed by atoms with E-state index in [1.54, 1.807) is 19.1 Å². The van der Waals surface area contributed by atoms with Gasteiger partial charge in [0, 0.05) is 23.4 Å². The number of hydrogen-bond acceptors (Lipinski definition) is 3. The summed E-state index contributed by atoms with van der Waals surface area (Å²) in [5, 5.41) is 14.1. The van der Waals surface area contributed by atoms with Crippen molar-refractivity contribution in [3.8, 4) is 0 Å². The molecule has 0 aliphatic carbocycles. The Balaban J connectivity index is 2.87. The maximum absolute atomic E-state index is 10.7. The predicted octanol–water partition coefficient (Wildman–Crippen LogP) is 3.75. The van der Waals surface area contributed by atoms with E-state index < -0.39 is 0 Å². The molecule has 0 radical (unpaired) electrons. The van der Waals surface area contributed by atoms with Crippen LogP contribution in [0.3, 0.4) is 0 Å². The van der Waals surface area contributed by atoms with Crippen molar-refractivity contribution < 1.29 is 4.92 Å². The van der Waals surface area contributed by atoms with Crippen LogP contribution in [0.1, 0.15) is 32.8 Å². The molecule has 0 heterocycles. The summed E-state index contributed by atoms with van der Waals surface area (Å²) in [6.07, 6.45) is 1.04. The summed E-state index contributed by atoms with van der Waals surface area (Å²) in [4.78, 5) is 10.4. The van der Waals surface area contributed by atoms with E-state index in [2.05, 4.69) is 26.1 Å². The number of anilines is 1. The molecule has 0 fully saturated rings. The molecule has 4 heteroatoms.